The van der Waals surface area contributed by atoms with E-state index in [4.69, 9.17) is 5.11 Å². The molecule has 3 atom stereocenters. The molecule has 0 aromatic carbocycles. The zero-order valence-electron chi connectivity index (χ0n) is 8.92. The summed E-state index contributed by atoms with van der Waals surface area (Å²) in [5, 5.41) is 12.2. The average molecular weight is 197 g/mol. The second-order valence-electron chi connectivity index (χ2n) is 5.43. The molecule has 0 radical (unpaired) electrons. The number of carbonyl (C=O) groups is 1. The van der Waals surface area contributed by atoms with E-state index < -0.39 is 5.97 Å². The highest BCUT2D eigenvalue weighted by molar-refractivity contribution is 5.72. The summed E-state index contributed by atoms with van der Waals surface area (Å²) in [5.41, 5.74) is 0.496. The van der Waals surface area contributed by atoms with Crippen LogP contribution in [-0.2, 0) is 4.79 Å². The maximum absolute atomic E-state index is 10.7. The Hall–Kier alpha value is -0.570. The van der Waals surface area contributed by atoms with Gasteiger partial charge in [0.25, 0.3) is 0 Å². The molecular weight excluding hydrogens is 178 g/mol. The molecule has 0 aromatic rings. The van der Waals surface area contributed by atoms with Crippen LogP contribution in [0.25, 0.3) is 0 Å². The second-order valence-corrected chi connectivity index (χ2v) is 5.43. The molecule has 2 aliphatic rings. The lowest BCUT2D eigenvalue weighted by Gasteiger charge is -2.34. The highest BCUT2D eigenvalue weighted by Gasteiger charge is 2.46. The summed E-state index contributed by atoms with van der Waals surface area (Å²) < 4.78 is 0. The molecule has 0 bridgehead atoms. The van der Waals surface area contributed by atoms with Gasteiger partial charge in [-0.25, -0.2) is 0 Å². The molecule has 2 saturated carbocycles. The molecule has 0 aliphatic heterocycles. The van der Waals surface area contributed by atoms with Crippen LogP contribution < -0.4 is 5.32 Å². The molecule has 0 saturated heterocycles. The standard InChI is InChI=1S/C11H19NO2/c1-11(2)5-7(11)6-12-9-4-3-8(9)10(13)14/h7-9,12H,3-6H2,1-2H3,(H,13,14). The summed E-state index contributed by atoms with van der Waals surface area (Å²) in [6.45, 7) is 5.55. The summed E-state index contributed by atoms with van der Waals surface area (Å²) in [4.78, 5) is 10.7. The largest absolute Gasteiger partial charge is 0.481 e. The van der Waals surface area contributed by atoms with Crippen molar-refractivity contribution in [2.75, 3.05) is 6.54 Å². The van der Waals surface area contributed by atoms with E-state index in [0.29, 0.717) is 5.41 Å². The number of nitrogens with one attached hydrogen (secondary N) is 1. The third kappa shape index (κ3) is 1.78. The first kappa shape index (κ1) is 9.97. The van der Waals surface area contributed by atoms with Gasteiger partial charge in [0.05, 0.1) is 5.92 Å². The predicted molar refractivity (Wildman–Crippen MR) is 54.0 cm³/mol. The predicted octanol–water partition coefficient (Wildman–Crippen LogP) is 1.49. The third-order valence-corrected chi connectivity index (χ3v) is 3.94. The molecule has 3 nitrogen and oxygen atoms in total. The number of carboxylic acid groups (broad SMARTS) is 1. The zero-order chi connectivity index (χ0) is 10.3. The van der Waals surface area contributed by atoms with Gasteiger partial charge in [-0.1, -0.05) is 13.8 Å². The van der Waals surface area contributed by atoms with E-state index in [0.717, 1.165) is 25.3 Å². The Kier molecular flexibility index (Phi) is 2.30. The molecule has 14 heavy (non-hydrogen) atoms. The fourth-order valence-electron chi connectivity index (χ4n) is 2.26. The first-order valence-electron chi connectivity index (χ1n) is 5.47. The van der Waals surface area contributed by atoms with Crippen molar-refractivity contribution in [3.8, 4) is 0 Å². The fourth-order valence-corrected chi connectivity index (χ4v) is 2.26. The minimum atomic E-state index is -0.635. The molecule has 0 amide bonds. The molecule has 2 aliphatic carbocycles. The number of rotatable bonds is 4. The number of carboxylic acids is 1. The maximum Gasteiger partial charge on any atom is 0.308 e. The van der Waals surface area contributed by atoms with E-state index in [1.807, 2.05) is 0 Å². The Labute approximate surface area is 84.9 Å². The van der Waals surface area contributed by atoms with Crippen molar-refractivity contribution in [3.05, 3.63) is 0 Å². The normalized spacial score (nSPS) is 38.9. The molecule has 3 heteroatoms. The quantitative estimate of drug-likeness (QED) is 0.717. The summed E-state index contributed by atoms with van der Waals surface area (Å²) in [5.74, 6) is -0.00165. The van der Waals surface area contributed by atoms with E-state index in [2.05, 4.69) is 19.2 Å². The lowest BCUT2D eigenvalue weighted by molar-refractivity contribution is -0.146. The average Bonchev–Trinajstić information content (AvgIpc) is 2.55. The van der Waals surface area contributed by atoms with Crippen LogP contribution in [0.4, 0.5) is 0 Å². The van der Waals surface area contributed by atoms with E-state index in [-0.39, 0.29) is 12.0 Å². The molecule has 2 fully saturated rings. The van der Waals surface area contributed by atoms with Crippen LogP contribution in [0.1, 0.15) is 33.1 Å². The third-order valence-electron chi connectivity index (χ3n) is 3.94. The number of aliphatic carboxylic acids is 1. The summed E-state index contributed by atoms with van der Waals surface area (Å²) in [6.07, 6.45) is 3.16. The van der Waals surface area contributed by atoms with Gasteiger partial charge in [-0.3, -0.25) is 4.79 Å². The van der Waals surface area contributed by atoms with Gasteiger partial charge in [0.2, 0.25) is 0 Å². The molecule has 2 N–H and O–H groups in total. The molecule has 0 aromatic heterocycles. The smallest absolute Gasteiger partial charge is 0.308 e. The van der Waals surface area contributed by atoms with E-state index in [9.17, 15) is 4.79 Å². The molecule has 2 rings (SSSR count). The van der Waals surface area contributed by atoms with E-state index >= 15 is 0 Å². The highest BCUT2D eigenvalue weighted by atomic mass is 16.4. The Bertz CT molecular complexity index is 250. The minimum absolute atomic E-state index is 0.128. The van der Waals surface area contributed by atoms with E-state index in [1.165, 1.54) is 6.42 Å². The monoisotopic (exact) mass is 197 g/mol. The second kappa shape index (κ2) is 3.23. The molecule has 0 spiro atoms. The minimum Gasteiger partial charge on any atom is -0.481 e. The lowest BCUT2D eigenvalue weighted by Crippen LogP contribution is -2.48. The van der Waals surface area contributed by atoms with Crippen LogP contribution in [-0.4, -0.2) is 23.7 Å². The topological polar surface area (TPSA) is 49.3 Å². The summed E-state index contributed by atoms with van der Waals surface area (Å²) >= 11 is 0. The Morgan fingerprint density at radius 3 is 2.50 bits per heavy atom. The maximum atomic E-state index is 10.7. The summed E-state index contributed by atoms with van der Waals surface area (Å²) in [7, 11) is 0. The van der Waals surface area contributed by atoms with Gasteiger partial charge in [0.1, 0.15) is 0 Å². The highest BCUT2D eigenvalue weighted by Crippen LogP contribution is 2.51. The lowest BCUT2D eigenvalue weighted by atomic mass is 9.79. The van der Waals surface area contributed by atoms with Crippen LogP contribution in [0, 0.1) is 17.3 Å². The van der Waals surface area contributed by atoms with Gasteiger partial charge < -0.3 is 10.4 Å². The van der Waals surface area contributed by atoms with Crippen molar-refractivity contribution >= 4 is 5.97 Å². The zero-order valence-corrected chi connectivity index (χ0v) is 8.92. The van der Waals surface area contributed by atoms with Gasteiger partial charge in [0.15, 0.2) is 0 Å². The Balaban J connectivity index is 1.70. The van der Waals surface area contributed by atoms with Gasteiger partial charge in [-0.2, -0.15) is 0 Å². The van der Waals surface area contributed by atoms with Crippen LogP contribution >= 0.6 is 0 Å². The van der Waals surface area contributed by atoms with Crippen LogP contribution in [0.2, 0.25) is 0 Å². The fraction of sp³-hybridized carbons (Fsp3) is 0.909. The molecule has 0 heterocycles. The Morgan fingerprint density at radius 1 is 1.50 bits per heavy atom. The Morgan fingerprint density at radius 2 is 2.14 bits per heavy atom. The first-order valence-corrected chi connectivity index (χ1v) is 5.47. The van der Waals surface area contributed by atoms with Crippen molar-refractivity contribution in [1.29, 1.82) is 0 Å². The molecular formula is C11H19NO2. The van der Waals surface area contributed by atoms with Crippen molar-refractivity contribution in [2.24, 2.45) is 17.3 Å². The van der Waals surface area contributed by atoms with Crippen molar-refractivity contribution in [2.45, 2.75) is 39.2 Å². The summed E-state index contributed by atoms with van der Waals surface area (Å²) in [6, 6.07) is 0.240. The SMILES string of the molecule is CC1(C)CC1CNC1CCC1C(=O)O. The van der Waals surface area contributed by atoms with E-state index in [1.54, 1.807) is 0 Å². The van der Waals surface area contributed by atoms with Gasteiger partial charge in [-0.05, 0) is 37.1 Å². The van der Waals surface area contributed by atoms with Crippen molar-refractivity contribution in [1.82, 2.24) is 5.32 Å². The van der Waals surface area contributed by atoms with Gasteiger partial charge in [-0.15, -0.1) is 0 Å². The number of hydrogen-bond donors (Lipinski definition) is 2. The van der Waals surface area contributed by atoms with Crippen LogP contribution in [0.3, 0.4) is 0 Å². The van der Waals surface area contributed by atoms with Crippen LogP contribution in [0.5, 0.6) is 0 Å². The van der Waals surface area contributed by atoms with Gasteiger partial charge in [0, 0.05) is 6.04 Å². The molecule has 3 unspecified atom stereocenters. The first-order chi connectivity index (χ1) is 6.50. The van der Waals surface area contributed by atoms with Crippen molar-refractivity contribution < 1.29 is 9.90 Å². The number of hydrogen-bond acceptors (Lipinski definition) is 2. The molecule has 80 valence electrons. The van der Waals surface area contributed by atoms with Gasteiger partial charge >= 0.3 is 5.97 Å². The van der Waals surface area contributed by atoms with Crippen LogP contribution in [0.15, 0.2) is 0 Å². The van der Waals surface area contributed by atoms with Crippen molar-refractivity contribution in [3.63, 3.8) is 0 Å².